The molecule has 0 spiro atoms. The molecule has 0 saturated carbocycles. The quantitative estimate of drug-likeness (QED) is 0.354. The van der Waals surface area contributed by atoms with E-state index in [-0.39, 0.29) is 10.3 Å². The van der Waals surface area contributed by atoms with Crippen molar-refractivity contribution in [1.29, 1.82) is 0 Å². The zero-order chi connectivity index (χ0) is 22.0. The van der Waals surface area contributed by atoms with Crippen molar-refractivity contribution < 1.29 is 23.1 Å². The van der Waals surface area contributed by atoms with Crippen LogP contribution in [0.3, 0.4) is 0 Å². The molecule has 3 aromatic carbocycles. The number of amides is 1. The fourth-order valence-corrected chi connectivity index (χ4v) is 4.09. The van der Waals surface area contributed by atoms with Gasteiger partial charge in [-0.05, 0) is 35.4 Å². The Morgan fingerprint density at radius 3 is 2.23 bits per heavy atom. The molecule has 0 saturated heterocycles. The second-order valence-electron chi connectivity index (χ2n) is 6.78. The summed E-state index contributed by atoms with van der Waals surface area (Å²) < 4.78 is 39.4. The lowest BCUT2D eigenvalue weighted by molar-refractivity contribution is -0.137. The van der Waals surface area contributed by atoms with Crippen molar-refractivity contribution in [3.8, 4) is 5.75 Å². The number of thiophene rings is 1. The fraction of sp³-hybridized carbons (Fsp3) is 0.0417. The molecule has 0 atom stereocenters. The largest absolute Gasteiger partial charge is 0.506 e. The van der Waals surface area contributed by atoms with Gasteiger partial charge in [-0.2, -0.15) is 13.2 Å². The average molecular weight is 439 g/mol. The van der Waals surface area contributed by atoms with Gasteiger partial charge in [0.1, 0.15) is 10.6 Å². The summed E-state index contributed by atoms with van der Waals surface area (Å²) in [6, 6.07) is 21.6. The topological polar surface area (TPSA) is 49.3 Å². The highest BCUT2D eigenvalue weighted by Gasteiger charge is 2.31. The van der Waals surface area contributed by atoms with Crippen molar-refractivity contribution in [1.82, 2.24) is 5.32 Å². The molecule has 2 N–H and O–H groups in total. The van der Waals surface area contributed by atoms with E-state index in [1.54, 1.807) is 6.08 Å². The molecule has 1 aromatic heterocycles. The Balaban J connectivity index is 1.71. The first-order chi connectivity index (χ1) is 14.8. The summed E-state index contributed by atoms with van der Waals surface area (Å²) in [4.78, 5) is 12.9. The van der Waals surface area contributed by atoms with Crippen molar-refractivity contribution in [3.05, 3.63) is 100 Å². The standard InChI is InChI=1S/C24H16F3NO2S/c25-24(26,27)17-11-12-20-18(14-17)21(29)22(31-20)23(30)28-19(16-9-5-2-6-10-16)13-15-7-3-1-4-8-15/h1-14,29H,(H,28,30)/b19-13-. The van der Waals surface area contributed by atoms with Crippen LogP contribution >= 0.6 is 11.3 Å². The number of alkyl halides is 3. The molecule has 1 amide bonds. The molecule has 0 aliphatic rings. The lowest BCUT2D eigenvalue weighted by atomic mass is 10.1. The van der Waals surface area contributed by atoms with Crippen LogP contribution in [0.15, 0.2) is 78.9 Å². The first-order valence-corrected chi connectivity index (χ1v) is 10.1. The number of carbonyl (C=O) groups is 1. The molecule has 4 aromatic rings. The summed E-state index contributed by atoms with van der Waals surface area (Å²) in [6.07, 6.45) is -2.75. The Labute approximate surface area is 180 Å². The Hall–Kier alpha value is -3.58. The molecule has 4 rings (SSSR count). The van der Waals surface area contributed by atoms with E-state index in [0.717, 1.165) is 34.6 Å². The third kappa shape index (κ3) is 4.46. The molecule has 3 nitrogen and oxygen atoms in total. The van der Waals surface area contributed by atoms with Gasteiger partial charge in [-0.3, -0.25) is 4.79 Å². The summed E-state index contributed by atoms with van der Waals surface area (Å²) in [5.74, 6) is -1.06. The number of nitrogens with one attached hydrogen (secondary N) is 1. The van der Waals surface area contributed by atoms with E-state index in [1.807, 2.05) is 60.7 Å². The van der Waals surface area contributed by atoms with Crippen molar-refractivity contribution in [3.63, 3.8) is 0 Å². The lowest BCUT2D eigenvalue weighted by Gasteiger charge is -2.10. The van der Waals surface area contributed by atoms with Gasteiger partial charge in [-0.1, -0.05) is 60.7 Å². The van der Waals surface area contributed by atoms with Crippen LogP contribution in [0.1, 0.15) is 26.4 Å². The Bertz CT molecular complexity index is 1260. The molecule has 0 radical (unpaired) electrons. The van der Waals surface area contributed by atoms with Gasteiger partial charge in [0.2, 0.25) is 0 Å². The summed E-state index contributed by atoms with van der Waals surface area (Å²) >= 11 is 0.938. The van der Waals surface area contributed by atoms with Crippen molar-refractivity contribution >= 4 is 39.1 Å². The van der Waals surface area contributed by atoms with Crippen molar-refractivity contribution in [2.24, 2.45) is 0 Å². The molecule has 0 fully saturated rings. The molecule has 0 unspecified atom stereocenters. The molecule has 1 heterocycles. The van der Waals surface area contributed by atoms with Gasteiger partial charge in [0.25, 0.3) is 5.91 Å². The van der Waals surface area contributed by atoms with Gasteiger partial charge in [-0.15, -0.1) is 11.3 Å². The molecule has 7 heteroatoms. The minimum Gasteiger partial charge on any atom is -0.506 e. The molecule has 0 aliphatic carbocycles. The molecular formula is C24H16F3NO2S. The maximum absolute atomic E-state index is 13.0. The molecule has 0 aliphatic heterocycles. The van der Waals surface area contributed by atoms with Gasteiger partial charge >= 0.3 is 6.18 Å². The molecular weight excluding hydrogens is 423 g/mol. The summed E-state index contributed by atoms with van der Waals surface area (Å²) in [5.41, 5.74) is 1.23. The van der Waals surface area contributed by atoms with E-state index in [9.17, 15) is 23.1 Å². The summed E-state index contributed by atoms with van der Waals surface area (Å²) in [5, 5.41) is 13.3. The van der Waals surface area contributed by atoms with E-state index in [2.05, 4.69) is 5.32 Å². The first kappa shape index (κ1) is 20.7. The van der Waals surface area contributed by atoms with Crippen molar-refractivity contribution in [2.45, 2.75) is 6.18 Å². The van der Waals surface area contributed by atoms with E-state index in [0.29, 0.717) is 10.4 Å². The van der Waals surface area contributed by atoms with Crippen LogP contribution in [0.5, 0.6) is 5.75 Å². The second kappa shape index (κ2) is 8.28. The smallest absolute Gasteiger partial charge is 0.416 e. The Kier molecular flexibility index (Phi) is 5.52. The number of hydrogen-bond acceptors (Lipinski definition) is 3. The highest BCUT2D eigenvalue weighted by atomic mass is 32.1. The summed E-state index contributed by atoms with van der Waals surface area (Å²) in [6.45, 7) is 0. The first-order valence-electron chi connectivity index (χ1n) is 9.29. The van der Waals surface area contributed by atoms with E-state index in [1.165, 1.54) is 6.07 Å². The fourth-order valence-electron chi connectivity index (χ4n) is 3.12. The number of fused-ring (bicyclic) bond motifs is 1. The van der Waals surface area contributed by atoms with Crippen LogP contribution in [0.2, 0.25) is 0 Å². The third-order valence-corrected chi connectivity index (χ3v) is 5.80. The number of rotatable bonds is 4. The predicted octanol–water partition coefficient (Wildman–Crippen LogP) is 6.55. The summed E-state index contributed by atoms with van der Waals surface area (Å²) in [7, 11) is 0. The molecule has 0 bridgehead atoms. The number of carbonyl (C=O) groups excluding carboxylic acids is 1. The van der Waals surface area contributed by atoms with Crippen LogP contribution in [-0.2, 0) is 6.18 Å². The van der Waals surface area contributed by atoms with Gasteiger partial charge < -0.3 is 10.4 Å². The van der Waals surface area contributed by atoms with Crippen LogP contribution in [0.4, 0.5) is 13.2 Å². The van der Waals surface area contributed by atoms with Crippen LogP contribution in [0.25, 0.3) is 21.9 Å². The van der Waals surface area contributed by atoms with E-state index >= 15 is 0 Å². The zero-order valence-electron chi connectivity index (χ0n) is 16.0. The maximum Gasteiger partial charge on any atom is 0.416 e. The molecule has 31 heavy (non-hydrogen) atoms. The highest BCUT2D eigenvalue weighted by Crippen LogP contribution is 2.40. The lowest BCUT2D eigenvalue weighted by Crippen LogP contribution is -2.21. The number of hydrogen-bond donors (Lipinski definition) is 2. The SMILES string of the molecule is O=C(N/C(=C\c1ccccc1)c1ccccc1)c1sc2ccc(C(F)(F)F)cc2c1O. The van der Waals surface area contributed by atoms with Gasteiger partial charge in [-0.25, -0.2) is 0 Å². The van der Waals surface area contributed by atoms with Gasteiger partial charge in [0.05, 0.1) is 5.56 Å². The predicted molar refractivity (Wildman–Crippen MR) is 117 cm³/mol. The Morgan fingerprint density at radius 2 is 1.58 bits per heavy atom. The maximum atomic E-state index is 13.0. The number of aromatic hydroxyl groups is 1. The monoisotopic (exact) mass is 439 g/mol. The zero-order valence-corrected chi connectivity index (χ0v) is 16.8. The minimum absolute atomic E-state index is 0.00160. The van der Waals surface area contributed by atoms with Gasteiger partial charge in [0.15, 0.2) is 0 Å². The highest BCUT2D eigenvalue weighted by molar-refractivity contribution is 7.21. The number of halogens is 3. The van der Waals surface area contributed by atoms with Crippen LogP contribution < -0.4 is 5.32 Å². The van der Waals surface area contributed by atoms with Crippen LogP contribution in [0, 0.1) is 0 Å². The van der Waals surface area contributed by atoms with E-state index < -0.39 is 23.4 Å². The normalized spacial score (nSPS) is 12.2. The second-order valence-corrected chi connectivity index (χ2v) is 7.83. The average Bonchev–Trinajstić information content (AvgIpc) is 3.10. The third-order valence-electron chi connectivity index (χ3n) is 4.64. The minimum atomic E-state index is -4.54. The van der Waals surface area contributed by atoms with Crippen molar-refractivity contribution in [2.75, 3.05) is 0 Å². The van der Waals surface area contributed by atoms with Crippen LogP contribution in [-0.4, -0.2) is 11.0 Å². The number of benzene rings is 3. The van der Waals surface area contributed by atoms with E-state index in [4.69, 9.17) is 0 Å². The van der Waals surface area contributed by atoms with Gasteiger partial charge in [0, 0.05) is 15.8 Å². The molecule has 156 valence electrons. The Morgan fingerprint density at radius 1 is 0.935 bits per heavy atom.